The fourth-order valence-electron chi connectivity index (χ4n) is 3.30. The Morgan fingerprint density at radius 2 is 1.83 bits per heavy atom. The zero-order valence-corrected chi connectivity index (χ0v) is 21.3. The minimum atomic E-state index is -4.08. The number of aryl methyl sites for hydroxylation is 1. The molecule has 0 spiro atoms. The van der Waals surface area contributed by atoms with E-state index in [-0.39, 0.29) is 39.5 Å². The summed E-state index contributed by atoms with van der Waals surface area (Å²) in [5.41, 5.74) is 0.601. The molecule has 1 atom stereocenters. The monoisotopic (exact) mass is 516 g/mol. The summed E-state index contributed by atoms with van der Waals surface area (Å²) in [5, 5.41) is 15.9. The van der Waals surface area contributed by atoms with Gasteiger partial charge in [0, 0.05) is 29.9 Å². The van der Waals surface area contributed by atoms with Gasteiger partial charge in [-0.2, -0.15) is 5.10 Å². The second-order valence-electron chi connectivity index (χ2n) is 8.08. The third-order valence-electron chi connectivity index (χ3n) is 5.44. The zero-order valence-electron chi connectivity index (χ0n) is 20.5. The Hall–Kier alpha value is -3.90. The van der Waals surface area contributed by atoms with Gasteiger partial charge in [-0.1, -0.05) is 6.92 Å². The molecule has 0 aliphatic heterocycles. The number of carbonyl (C=O) groups is 2. The number of nitrogens with zero attached hydrogens (tertiary/aromatic N) is 2. The van der Waals surface area contributed by atoms with E-state index in [0.717, 1.165) is 0 Å². The van der Waals surface area contributed by atoms with Crippen LogP contribution in [0.2, 0.25) is 0 Å². The molecule has 0 saturated heterocycles. The smallest absolute Gasteiger partial charge is 0.356 e. The van der Waals surface area contributed by atoms with Gasteiger partial charge in [0.15, 0.2) is 5.69 Å². The van der Waals surface area contributed by atoms with Crippen LogP contribution in [0.25, 0.3) is 0 Å². The minimum Gasteiger partial charge on any atom is -0.497 e. The molecule has 0 saturated carbocycles. The van der Waals surface area contributed by atoms with Crippen LogP contribution in [0.4, 0.5) is 5.69 Å². The van der Waals surface area contributed by atoms with Crippen molar-refractivity contribution >= 4 is 27.6 Å². The lowest BCUT2D eigenvalue weighted by Gasteiger charge is -2.17. The van der Waals surface area contributed by atoms with E-state index in [1.54, 1.807) is 31.2 Å². The number of ether oxygens (including phenoxy) is 2. The van der Waals surface area contributed by atoms with Crippen molar-refractivity contribution in [3.63, 3.8) is 0 Å². The molecule has 0 radical (unpaired) electrons. The number of carboxylic acids is 1. The largest absolute Gasteiger partial charge is 0.497 e. The summed E-state index contributed by atoms with van der Waals surface area (Å²) in [6.07, 6.45) is 0.548. The molecule has 0 aliphatic carbocycles. The molecule has 11 nitrogen and oxygen atoms in total. The summed E-state index contributed by atoms with van der Waals surface area (Å²) in [5.74, 6) is -1.08. The van der Waals surface area contributed by atoms with Gasteiger partial charge in [0.2, 0.25) is 15.9 Å². The van der Waals surface area contributed by atoms with Crippen molar-refractivity contribution < 1.29 is 32.6 Å². The Morgan fingerprint density at radius 1 is 1.17 bits per heavy atom. The molecule has 1 aromatic heterocycles. The first-order chi connectivity index (χ1) is 17.0. The highest BCUT2D eigenvalue weighted by atomic mass is 32.2. The summed E-state index contributed by atoms with van der Waals surface area (Å²) in [7, 11) is -1.07. The van der Waals surface area contributed by atoms with Crippen LogP contribution in [0.1, 0.15) is 46.7 Å². The SMILES string of the molecule is CCC(C)NS(=O)(=O)c1cc(NC(=O)c2ccc(OC)cc2)ccc1Oc1c(C)c(C(=O)O)nn1C. The lowest BCUT2D eigenvalue weighted by molar-refractivity contribution is 0.0688. The molecule has 3 rings (SSSR count). The molecule has 1 unspecified atom stereocenters. The topological polar surface area (TPSA) is 149 Å². The lowest BCUT2D eigenvalue weighted by atomic mass is 10.2. The van der Waals surface area contributed by atoms with Gasteiger partial charge in [-0.25, -0.2) is 22.6 Å². The molecule has 0 bridgehead atoms. The first-order valence-corrected chi connectivity index (χ1v) is 12.5. The fraction of sp³-hybridized carbons (Fsp3) is 0.292. The van der Waals surface area contributed by atoms with E-state index >= 15 is 0 Å². The highest BCUT2D eigenvalue weighted by Gasteiger charge is 2.26. The summed E-state index contributed by atoms with van der Waals surface area (Å²) < 4.78 is 41.2. The average Bonchev–Trinajstić information content (AvgIpc) is 3.13. The molecular weight excluding hydrogens is 488 g/mol. The van der Waals surface area contributed by atoms with Gasteiger partial charge in [0.05, 0.1) is 7.11 Å². The van der Waals surface area contributed by atoms with Crippen molar-refractivity contribution in [2.45, 2.75) is 38.1 Å². The maximum Gasteiger partial charge on any atom is 0.356 e. The van der Waals surface area contributed by atoms with E-state index in [0.29, 0.717) is 17.7 Å². The standard InChI is InChI=1S/C24H28N4O7S/c1-6-14(2)27-36(32,33)20-13-17(25-22(29)16-7-10-18(34-5)11-8-16)9-12-19(20)35-23-15(3)21(24(30)31)26-28(23)4/h7-14,27H,6H2,1-5H3,(H,25,29)(H,30,31). The number of carbonyl (C=O) groups excluding carboxylic acids is 1. The van der Waals surface area contributed by atoms with E-state index < -0.39 is 21.9 Å². The Morgan fingerprint density at radius 3 is 2.39 bits per heavy atom. The van der Waals surface area contributed by atoms with Crippen LogP contribution in [-0.2, 0) is 17.1 Å². The first-order valence-electron chi connectivity index (χ1n) is 11.0. The van der Waals surface area contributed by atoms with Gasteiger partial charge < -0.3 is 19.9 Å². The molecule has 0 aliphatic rings. The number of anilines is 1. The molecule has 36 heavy (non-hydrogen) atoms. The third-order valence-corrected chi connectivity index (χ3v) is 7.05. The number of methoxy groups -OCH3 is 1. The number of carboxylic acid groups (broad SMARTS) is 1. The first kappa shape index (κ1) is 26.7. The van der Waals surface area contributed by atoms with Gasteiger partial charge in [0.1, 0.15) is 16.4 Å². The molecular formula is C24H28N4O7S. The summed E-state index contributed by atoms with van der Waals surface area (Å²) in [4.78, 5) is 23.9. The number of sulfonamides is 1. The Balaban J connectivity index is 2.01. The Labute approximate surface area is 209 Å². The Bertz CT molecular complexity index is 1380. The van der Waals surface area contributed by atoms with Crippen LogP contribution in [0.15, 0.2) is 47.4 Å². The molecule has 1 amide bonds. The number of nitrogens with one attached hydrogen (secondary N) is 2. The molecule has 2 aromatic carbocycles. The maximum absolute atomic E-state index is 13.2. The number of hydrogen-bond acceptors (Lipinski definition) is 7. The molecule has 12 heteroatoms. The van der Waals surface area contributed by atoms with Crippen LogP contribution < -0.4 is 19.5 Å². The van der Waals surface area contributed by atoms with Gasteiger partial charge in [0.25, 0.3) is 5.91 Å². The fourth-order valence-corrected chi connectivity index (χ4v) is 4.78. The summed E-state index contributed by atoms with van der Waals surface area (Å²) in [6, 6.07) is 10.2. The van der Waals surface area contributed by atoms with Crippen molar-refractivity contribution in [2.75, 3.05) is 12.4 Å². The Kier molecular flexibility index (Phi) is 8.00. The van der Waals surface area contributed by atoms with Gasteiger partial charge in [-0.3, -0.25) is 4.79 Å². The molecule has 0 fully saturated rings. The quantitative estimate of drug-likeness (QED) is 0.370. The number of amides is 1. The predicted molar refractivity (Wildman–Crippen MR) is 132 cm³/mol. The molecule has 3 aromatic rings. The van der Waals surface area contributed by atoms with E-state index in [1.807, 2.05) is 6.92 Å². The normalized spacial score (nSPS) is 12.1. The maximum atomic E-state index is 13.2. The van der Waals surface area contributed by atoms with Crippen molar-refractivity contribution in [2.24, 2.45) is 7.05 Å². The van der Waals surface area contributed by atoms with Crippen LogP contribution in [0.3, 0.4) is 0 Å². The van der Waals surface area contributed by atoms with Crippen LogP contribution in [0, 0.1) is 6.92 Å². The number of aromatic nitrogens is 2. The molecule has 1 heterocycles. The highest BCUT2D eigenvalue weighted by molar-refractivity contribution is 7.89. The number of hydrogen-bond donors (Lipinski definition) is 3. The van der Waals surface area contributed by atoms with Gasteiger partial charge in [-0.05, 0) is 62.7 Å². The predicted octanol–water partition coefficient (Wildman–Crippen LogP) is 3.56. The van der Waals surface area contributed by atoms with E-state index in [4.69, 9.17) is 9.47 Å². The number of rotatable bonds is 10. The van der Waals surface area contributed by atoms with Gasteiger partial charge >= 0.3 is 5.97 Å². The van der Waals surface area contributed by atoms with Crippen LogP contribution in [-0.4, -0.2) is 48.3 Å². The summed E-state index contributed by atoms with van der Waals surface area (Å²) in [6.45, 7) is 5.07. The van der Waals surface area contributed by atoms with Crippen molar-refractivity contribution in [3.8, 4) is 17.4 Å². The van der Waals surface area contributed by atoms with Crippen LogP contribution >= 0.6 is 0 Å². The van der Waals surface area contributed by atoms with E-state index in [9.17, 15) is 23.1 Å². The van der Waals surface area contributed by atoms with Crippen molar-refractivity contribution in [3.05, 3.63) is 59.3 Å². The van der Waals surface area contributed by atoms with E-state index in [1.165, 1.54) is 44.0 Å². The minimum absolute atomic E-state index is 0.0590. The summed E-state index contributed by atoms with van der Waals surface area (Å²) >= 11 is 0. The van der Waals surface area contributed by atoms with Crippen molar-refractivity contribution in [1.29, 1.82) is 0 Å². The van der Waals surface area contributed by atoms with Gasteiger partial charge in [-0.15, -0.1) is 0 Å². The second-order valence-corrected chi connectivity index (χ2v) is 9.77. The zero-order chi connectivity index (χ0) is 26.6. The second kappa shape index (κ2) is 10.8. The number of benzene rings is 2. The van der Waals surface area contributed by atoms with Crippen LogP contribution in [0.5, 0.6) is 17.4 Å². The van der Waals surface area contributed by atoms with Crippen molar-refractivity contribution in [1.82, 2.24) is 14.5 Å². The third kappa shape index (κ3) is 5.83. The number of aromatic carboxylic acids is 1. The lowest BCUT2D eigenvalue weighted by Crippen LogP contribution is -2.32. The molecule has 3 N–H and O–H groups in total. The van der Waals surface area contributed by atoms with E-state index in [2.05, 4.69) is 15.1 Å². The average molecular weight is 517 g/mol. The highest BCUT2D eigenvalue weighted by Crippen LogP contribution is 2.34. The molecule has 192 valence electrons.